The predicted octanol–water partition coefficient (Wildman–Crippen LogP) is 1.05. The van der Waals surface area contributed by atoms with E-state index in [4.69, 9.17) is 0 Å². The standard InChI is InChI=1S/C6H11NO2/c1-2-3-4-5-9-6(7)8/h3-4H,2,5H2,1H3,(H2,7,8)/b4-3+. The monoisotopic (exact) mass is 129 g/mol. The fourth-order valence-corrected chi connectivity index (χ4v) is 0.365. The fraction of sp³-hybridized carbons (Fsp3) is 0.500. The maximum atomic E-state index is 9.93. The minimum absolute atomic E-state index is 0.281. The van der Waals surface area contributed by atoms with Gasteiger partial charge < -0.3 is 10.5 Å². The van der Waals surface area contributed by atoms with Crippen molar-refractivity contribution in [2.75, 3.05) is 6.61 Å². The summed E-state index contributed by atoms with van der Waals surface area (Å²) in [4.78, 5) is 9.93. The highest BCUT2D eigenvalue weighted by atomic mass is 16.5. The van der Waals surface area contributed by atoms with Gasteiger partial charge in [-0.1, -0.05) is 19.1 Å². The second kappa shape index (κ2) is 5.15. The molecule has 9 heavy (non-hydrogen) atoms. The number of hydrogen-bond acceptors (Lipinski definition) is 2. The number of carbonyl (C=O) groups excluding carboxylic acids is 1. The average molecular weight is 129 g/mol. The second-order valence-corrected chi connectivity index (χ2v) is 1.51. The quantitative estimate of drug-likeness (QED) is 0.579. The topological polar surface area (TPSA) is 52.3 Å². The molecule has 0 saturated carbocycles. The number of rotatable bonds is 3. The first-order chi connectivity index (χ1) is 4.27. The first-order valence-electron chi connectivity index (χ1n) is 2.84. The van der Waals surface area contributed by atoms with Crippen LogP contribution in [0.3, 0.4) is 0 Å². The Balaban J connectivity index is 3.09. The van der Waals surface area contributed by atoms with Crippen molar-refractivity contribution in [3.8, 4) is 0 Å². The van der Waals surface area contributed by atoms with Crippen LogP contribution in [0.5, 0.6) is 0 Å². The molecule has 0 aliphatic heterocycles. The molecule has 0 fully saturated rings. The molecule has 0 aliphatic carbocycles. The molecular formula is C6H11NO2. The Morgan fingerprint density at radius 2 is 2.33 bits per heavy atom. The maximum Gasteiger partial charge on any atom is 0.404 e. The smallest absolute Gasteiger partial charge is 0.404 e. The van der Waals surface area contributed by atoms with Gasteiger partial charge in [0.2, 0.25) is 0 Å². The second-order valence-electron chi connectivity index (χ2n) is 1.51. The molecule has 0 saturated heterocycles. The van der Waals surface area contributed by atoms with Crippen LogP contribution in [0, 0.1) is 0 Å². The van der Waals surface area contributed by atoms with Crippen LogP contribution in [0.25, 0.3) is 0 Å². The van der Waals surface area contributed by atoms with Crippen LogP contribution >= 0.6 is 0 Å². The minimum Gasteiger partial charge on any atom is -0.445 e. The van der Waals surface area contributed by atoms with Gasteiger partial charge in [-0.3, -0.25) is 0 Å². The minimum atomic E-state index is -0.726. The summed E-state index contributed by atoms with van der Waals surface area (Å²) in [6.45, 7) is 2.28. The van der Waals surface area contributed by atoms with Crippen molar-refractivity contribution < 1.29 is 9.53 Å². The van der Waals surface area contributed by atoms with E-state index in [1.54, 1.807) is 6.08 Å². The Hall–Kier alpha value is -0.990. The van der Waals surface area contributed by atoms with Gasteiger partial charge in [0.15, 0.2) is 0 Å². The van der Waals surface area contributed by atoms with Crippen LogP contribution in [0.2, 0.25) is 0 Å². The molecule has 2 N–H and O–H groups in total. The molecule has 0 aliphatic rings. The first kappa shape index (κ1) is 8.01. The summed E-state index contributed by atoms with van der Waals surface area (Å²) in [5.41, 5.74) is 4.68. The molecule has 0 rings (SSSR count). The van der Waals surface area contributed by atoms with E-state index in [2.05, 4.69) is 10.5 Å². The van der Waals surface area contributed by atoms with Crippen molar-refractivity contribution in [3.63, 3.8) is 0 Å². The Bertz CT molecular complexity index is 110. The number of hydrogen-bond donors (Lipinski definition) is 1. The van der Waals surface area contributed by atoms with Crippen molar-refractivity contribution in [2.45, 2.75) is 13.3 Å². The molecule has 3 nitrogen and oxygen atoms in total. The summed E-state index contributed by atoms with van der Waals surface area (Å²) in [5.74, 6) is 0. The van der Waals surface area contributed by atoms with E-state index in [0.29, 0.717) is 0 Å². The van der Waals surface area contributed by atoms with E-state index in [-0.39, 0.29) is 6.61 Å². The van der Waals surface area contributed by atoms with Gasteiger partial charge in [-0.25, -0.2) is 4.79 Å². The normalized spacial score (nSPS) is 9.89. The van der Waals surface area contributed by atoms with E-state index in [9.17, 15) is 4.79 Å². The molecule has 0 aromatic rings. The molecule has 0 heterocycles. The molecule has 1 amide bonds. The van der Waals surface area contributed by atoms with Crippen molar-refractivity contribution in [2.24, 2.45) is 5.73 Å². The lowest BCUT2D eigenvalue weighted by Crippen LogP contribution is -2.12. The van der Waals surface area contributed by atoms with Crippen LogP contribution < -0.4 is 5.73 Å². The van der Waals surface area contributed by atoms with Gasteiger partial charge in [0.05, 0.1) is 0 Å². The number of primary amides is 1. The zero-order valence-corrected chi connectivity index (χ0v) is 5.46. The molecular weight excluding hydrogens is 118 g/mol. The molecule has 0 bridgehead atoms. The van der Waals surface area contributed by atoms with Crippen LogP contribution in [0.15, 0.2) is 12.2 Å². The maximum absolute atomic E-state index is 9.93. The Morgan fingerprint density at radius 3 is 2.78 bits per heavy atom. The fourth-order valence-electron chi connectivity index (χ4n) is 0.365. The Morgan fingerprint density at radius 1 is 1.67 bits per heavy atom. The van der Waals surface area contributed by atoms with Gasteiger partial charge in [-0.15, -0.1) is 0 Å². The SMILES string of the molecule is CC/C=C/COC(N)=O. The molecule has 52 valence electrons. The summed E-state index contributed by atoms with van der Waals surface area (Å²) in [6, 6.07) is 0. The molecule has 0 aromatic carbocycles. The van der Waals surface area contributed by atoms with Crippen molar-refractivity contribution in [1.29, 1.82) is 0 Å². The number of carbonyl (C=O) groups is 1. The molecule has 0 aromatic heterocycles. The molecule has 0 radical (unpaired) electrons. The zero-order valence-electron chi connectivity index (χ0n) is 5.46. The highest BCUT2D eigenvalue weighted by molar-refractivity contribution is 5.64. The van der Waals surface area contributed by atoms with Gasteiger partial charge >= 0.3 is 6.09 Å². The number of ether oxygens (including phenoxy) is 1. The summed E-state index contributed by atoms with van der Waals surface area (Å²) in [7, 11) is 0. The predicted molar refractivity (Wildman–Crippen MR) is 35.0 cm³/mol. The van der Waals surface area contributed by atoms with E-state index in [1.807, 2.05) is 13.0 Å². The summed E-state index contributed by atoms with van der Waals surface area (Å²) >= 11 is 0. The lowest BCUT2D eigenvalue weighted by molar-refractivity contribution is 0.169. The van der Waals surface area contributed by atoms with Gasteiger partial charge in [-0.2, -0.15) is 0 Å². The number of allylic oxidation sites excluding steroid dienone is 1. The Kier molecular flexibility index (Phi) is 4.59. The summed E-state index contributed by atoms with van der Waals surface area (Å²) in [6.07, 6.45) is 3.88. The van der Waals surface area contributed by atoms with Crippen molar-refractivity contribution in [3.05, 3.63) is 12.2 Å². The molecule has 0 unspecified atom stereocenters. The lowest BCUT2D eigenvalue weighted by Gasteiger charge is -1.92. The van der Waals surface area contributed by atoms with E-state index in [0.717, 1.165) is 6.42 Å². The summed E-state index contributed by atoms with van der Waals surface area (Å²) in [5, 5.41) is 0. The third-order valence-corrected chi connectivity index (χ3v) is 0.724. The summed E-state index contributed by atoms with van der Waals surface area (Å²) < 4.78 is 4.40. The Labute approximate surface area is 54.5 Å². The molecule has 0 spiro atoms. The van der Waals surface area contributed by atoms with E-state index < -0.39 is 6.09 Å². The third-order valence-electron chi connectivity index (χ3n) is 0.724. The molecule has 0 atom stereocenters. The zero-order chi connectivity index (χ0) is 7.11. The van der Waals surface area contributed by atoms with Gasteiger partial charge in [-0.05, 0) is 6.42 Å². The lowest BCUT2D eigenvalue weighted by atomic mass is 10.4. The van der Waals surface area contributed by atoms with Gasteiger partial charge in [0.1, 0.15) is 6.61 Å². The van der Waals surface area contributed by atoms with Crippen LogP contribution in [0.4, 0.5) is 4.79 Å². The average Bonchev–Trinajstić information content (AvgIpc) is 1.80. The van der Waals surface area contributed by atoms with Crippen molar-refractivity contribution in [1.82, 2.24) is 0 Å². The number of amides is 1. The van der Waals surface area contributed by atoms with Crippen LogP contribution in [0.1, 0.15) is 13.3 Å². The highest BCUT2D eigenvalue weighted by Gasteiger charge is 1.85. The first-order valence-corrected chi connectivity index (χ1v) is 2.84. The van der Waals surface area contributed by atoms with E-state index in [1.165, 1.54) is 0 Å². The van der Waals surface area contributed by atoms with E-state index >= 15 is 0 Å². The largest absolute Gasteiger partial charge is 0.445 e. The third kappa shape index (κ3) is 7.01. The van der Waals surface area contributed by atoms with Gasteiger partial charge in [0, 0.05) is 0 Å². The van der Waals surface area contributed by atoms with Crippen LogP contribution in [-0.2, 0) is 4.74 Å². The van der Waals surface area contributed by atoms with Gasteiger partial charge in [0.25, 0.3) is 0 Å². The van der Waals surface area contributed by atoms with Crippen LogP contribution in [-0.4, -0.2) is 12.7 Å². The number of nitrogens with two attached hydrogens (primary N) is 1. The molecule has 3 heteroatoms. The highest BCUT2D eigenvalue weighted by Crippen LogP contribution is 1.80. The van der Waals surface area contributed by atoms with Crippen molar-refractivity contribution >= 4 is 6.09 Å².